The highest BCUT2D eigenvalue weighted by Crippen LogP contribution is 2.21. The standard InChI is InChI=1S/C13H16N2O4S/c1-19-11-5-3-2-4-9(11)6-14-13(18)15-8-20-7-10(15)12(16)17/h2-5,10H,6-8H2,1H3,(H,14,18)(H,16,17)/t10-/m0/s1. The molecule has 0 unspecified atom stereocenters. The number of thioether (sulfide) groups is 1. The molecule has 0 aromatic heterocycles. The van der Waals surface area contributed by atoms with Gasteiger partial charge in [0.25, 0.3) is 0 Å². The highest BCUT2D eigenvalue weighted by atomic mass is 32.2. The first-order chi connectivity index (χ1) is 9.63. The van der Waals surface area contributed by atoms with E-state index in [1.807, 2.05) is 24.3 Å². The van der Waals surface area contributed by atoms with Crippen LogP contribution >= 0.6 is 11.8 Å². The number of carboxylic acid groups (broad SMARTS) is 1. The predicted molar refractivity (Wildman–Crippen MR) is 75.8 cm³/mol. The zero-order chi connectivity index (χ0) is 14.5. The van der Waals surface area contributed by atoms with Crippen molar-refractivity contribution in [2.75, 3.05) is 18.7 Å². The number of hydrogen-bond donors (Lipinski definition) is 2. The summed E-state index contributed by atoms with van der Waals surface area (Å²) in [6.45, 7) is 0.302. The van der Waals surface area contributed by atoms with Crippen LogP contribution in [-0.4, -0.2) is 46.8 Å². The molecule has 1 heterocycles. The van der Waals surface area contributed by atoms with Gasteiger partial charge in [0.15, 0.2) is 0 Å². The molecule has 1 aromatic carbocycles. The van der Waals surface area contributed by atoms with Crippen LogP contribution in [0.25, 0.3) is 0 Å². The molecule has 1 aromatic rings. The topological polar surface area (TPSA) is 78.9 Å². The van der Waals surface area contributed by atoms with E-state index in [2.05, 4.69) is 5.32 Å². The highest BCUT2D eigenvalue weighted by Gasteiger charge is 2.34. The van der Waals surface area contributed by atoms with E-state index >= 15 is 0 Å². The summed E-state index contributed by atoms with van der Waals surface area (Å²) in [6.07, 6.45) is 0. The largest absolute Gasteiger partial charge is 0.496 e. The van der Waals surface area contributed by atoms with E-state index in [-0.39, 0.29) is 6.03 Å². The summed E-state index contributed by atoms with van der Waals surface area (Å²) in [5, 5.41) is 11.8. The molecule has 20 heavy (non-hydrogen) atoms. The van der Waals surface area contributed by atoms with Crippen molar-refractivity contribution in [1.82, 2.24) is 10.2 Å². The van der Waals surface area contributed by atoms with Gasteiger partial charge >= 0.3 is 12.0 Å². The predicted octanol–water partition coefficient (Wildman–Crippen LogP) is 1.36. The Morgan fingerprint density at radius 3 is 2.95 bits per heavy atom. The Bertz CT molecular complexity index is 509. The van der Waals surface area contributed by atoms with Crippen molar-refractivity contribution < 1.29 is 19.4 Å². The number of carboxylic acids is 1. The molecule has 0 saturated carbocycles. The number of nitrogens with zero attached hydrogens (tertiary/aromatic N) is 1. The lowest BCUT2D eigenvalue weighted by Crippen LogP contribution is -2.46. The van der Waals surface area contributed by atoms with Crippen molar-refractivity contribution in [3.05, 3.63) is 29.8 Å². The molecule has 7 heteroatoms. The van der Waals surface area contributed by atoms with Crippen LogP contribution < -0.4 is 10.1 Å². The average Bonchev–Trinajstić information content (AvgIpc) is 2.94. The summed E-state index contributed by atoms with van der Waals surface area (Å²) in [5.74, 6) is 0.549. The minimum Gasteiger partial charge on any atom is -0.496 e. The molecule has 108 valence electrons. The fraction of sp³-hybridized carbons (Fsp3) is 0.385. The van der Waals surface area contributed by atoms with Crippen LogP contribution in [-0.2, 0) is 11.3 Å². The fourth-order valence-electron chi connectivity index (χ4n) is 1.97. The number of carbonyl (C=O) groups is 2. The van der Waals surface area contributed by atoms with Crippen LogP contribution in [0.1, 0.15) is 5.56 Å². The molecule has 0 bridgehead atoms. The lowest BCUT2D eigenvalue weighted by molar-refractivity contribution is -0.140. The summed E-state index contributed by atoms with van der Waals surface area (Å²) in [4.78, 5) is 24.4. The number of nitrogens with one attached hydrogen (secondary N) is 1. The highest BCUT2D eigenvalue weighted by molar-refractivity contribution is 7.99. The van der Waals surface area contributed by atoms with Gasteiger partial charge in [-0.1, -0.05) is 18.2 Å². The van der Waals surface area contributed by atoms with E-state index in [0.717, 1.165) is 5.56 Å². The molecular formula is C13H16N2O4S. The Kier molecular flexibility index (Phi) is 4.73. The third-order valence-electron chi connectivity index (χ3n) is 3.05. The van der Waals surface area contributed by atoms with Gasteiger partial charge in [-0.3, -0.25) is 0 Å². The molecule has 6 nitrogen and oxygen atoms in total. The maximum absolute atomic E-state index is 12.0. The van der Waals surface area contributed by atoms with Gasteiger partial charge in [0, 0.05) is 17.9 Å². The van der Waals surface area contributed by atoms with E-state index < -0.39 is 12.0 Å². The van der Waals surface area contributed by atoms with E-state index in [1.165, 1.54) is 16.7 Å². The van der Waals surface area contributed by atoms with Crippen molar-refractivity contribution in [2.45, 2.75) is 12.6 Å². The lowest BCUT2D eigenvalue weighted by atomic mass is 10.2. The molecule has 1 saturated heterocycles. The number of rotatable bonds is 4. The number of amides is 2. The van der Waals surface area contributed by atoms with Gasteiger partial charge in [-0.05, 0) is 6.07 Å². The molecule has 0 spiro atoms. The maximum atomic E-state index is 12.0. The van der Waals surface area contributed by atoms with E-state index in [9.17, 15) is 9.59 Å². The molecule has 0 aliphatic carbocycles. The summed E-state index contributed by atoms with van der Waals surface area (Å²) >= 11 is 1.44. The first-order valence-electron chi connectivity index (χ1n) is 6.10. The number of hydrogen-bond acceptors (Lipinski definition) is 4. The lowest BCUT2D eigenvalue weighted by Gasteiger charge is -2.21. The van der Waals surface area contributed by atoms with Gasteiger partial charge in [0.1, 0.15) is 11.8 Å². The van der Waals surface area contributed by atoms with Crippen molar-refractivity contribution in [1.29, 1.82) is 0 Å². The normalized spacial score (nSPS) is 17.9. The quantitative estimate of drug-likeness (QED) is 0.877. The molecule has 1 fully saturated rings. The van der Waals surface area contributed by atoms with Crippen LogP contribution in [0.2, 0.25) is 0 Å². The fourth-order valence-corrected chi connectivity index (χ4v) is 3.11. The molecule has 0 radical (unpaired) electrons. The van der Waals surface area contributed by atoms with Crippen LogP contribution in [0.15, 0.2) is 24.3 Å². The molecule has 2 amide bonds. The first kappa shape index (κ1) is 14.5. The van der Waals surface area contributed by atoms with Gasteiger partial charge < -0.3 is 20.1 Å². The molecule has 1 atom stereocenters. The number of benzene rings is 1. The Morgan fingerprint density at radius 1 is 1.50 bits per heavy atom. The maximum Gasteiger partial charge on any atom is 0.327 e. The van der Waals surface area contributed by atoms with E-state index in [1.54, 1.807) is 7.11 Å². The number of aliphatic carboxylic acids is 1. The monoisotopic (exact) mass is 296 g/mol. The Balaban J connectivity index is 1.97. The zero-order valence-electron chi connectivity index (χ0n) is 11.0. The van der Waals surface area contributed by atoms with Crippen molar-refractivity contribution >= 4 is 23.8 Å². The van der Waals surface area contributed by atoms with Crippen LogP contribution in [0, 0.1) is 0 Å². The molecule has 2 N–H and O–H groups in total. The van der Waals surface area contributed by atoms with Gasteiger partial charge in [0.05, 0.1) is 13.0 Å². The number of carbonyl (C=O) groups excluding carboxylic acids is 1. The van der Waals surface area contributed by atoms with Crippen LogP contribution in [0.5, 0.6) is 5.75 Å². The first-order valence-corrected chi connectivity index (χ1v) is 7.26. The number of para-hydroxylation sites is 1. The van der Waals surface area contributed by atoms with Crippen molar-refractivity contribution in [2.24, 2.45) is 0 Å². The SMILES string of the molecule is COc1ccccc1CNC(=O)N1CSC[C@H]1C(=O)O. The Hall–Kier alpha value is -1.89. The average molecular weight is 296 g/mol. The minimum absolute atomic E-state index is 0.302. The van der Waals surface area contributed by atoms with Gasteiger partial charge in [0.2, 0.25) is 0 Å². The second-order valence-corrected chi connectivity index (χ2v) is 5.29. The van der Waals surface area contributed by atoms with Gasteiger partial charge in [-0.25, -0.2) is 9.59 Å². The second-order valence-electron chi connectivity index (χ2n) is 4.29. The molecule has 1 aliphatic rings. The van der Waals surface area contributed by atoms with E-state index in [4.69, 9.17) is 9.84 Å². The van der Waals surface area contributed by atoms with E-state index in [0.29, 0.717) is 23.9 Å². The smallest absolute Gasteiger partial charge is 0.327 e. The van der Waals surface area contributed by atoms with Crippen molar-refractivity contribution in [3.63, 3.8) is 0 Å². The number of ether oxygens (including phenoxy) is 1. The number of urea groups is 1. The molecule has 1 aliphatic heterocycles. The third kappa shape index (κ3) is 3.16. The summed E-state index contributed by atoms with van der Waals surface area (Å²) in [6, 6.07) is 6.25. The Labute approximate surface area is 121 Å². The summed E-state index contributed by atoms with van der Waals surface area (Å²) in [5.41, 5.74) is 0.849. The third-order valence-corrected chi connectivity index (χ3v) is 4.06. The van der Waals surface area contributed by atoms with Gasteiger partial charge in [-0.15, -0.1) is 11.8 Å². The number of methoxy groups -OCH3 is 1. The minimum atomic E-state index is -0.970. The summed E-state index contributed by atoms with van der Waals surface area (Å²) in [7, 11) is 1.57. The molecular weight excluding hydrogens is 280 g/mol. The summed E-state index contributed by atoms with van der Waals surface area (Å²) < 4.78 is 5.20. The second kappa shape index (κ2) is 6.51. The van der Waals surface area contributed by atoms with Crippen LogP contribution in [0.3, 0.4) is 0 Å². The zero-order valence-corrected chi connectivity index (χ0v) is 11.9. The van der Waals surface area contributed by atoms with Crippen molar-refractivity contribution in [3.8, 4) is 5.75 Å². The molecule has 2 rings (SSSR count). The Morgan fingerprint density at radius 2 is 2.25 bits per heavy atom. The van der Waals surface area contributed by atoms with Crippen LogP contribution in [0.4, 0.5) is 4.79 Å². The van der Waals surface area contributed by atoms with Gasteiger partial charge in [-0.2, -0.15) is 0 Å².